The van der Waals surface area contributed by atoms with Crippen LogP contribution in [0, 0.1) is 0 Å². The van der Waals surface area contributed by atoms with Crippen molar-refractivity contribution in [1.29, 1.82) is 0 Å². The van der Waals surface area contributed by atoms with E-state index in [0.717, 1.165) is 13.1 Å². The van der Waals surface area contributed by atoms with Crippen LogP contribution in [-0.2, 0) is 4.79 Å². The summed E-state index contributed by atoms with van der Waals surface area (Å²) in [4.78, 5) is 16.1. The molecule has 1 aliphatic heterocycles. The Morgan fingerprint density at radius 2 is 1.80 bits per heavy atom. The second-order valence-corrected chi connectivity index (χ2v) is 5.43. The number of nitrogens with zero attached hydrogens (tertiary/aromatic N) is 2. The van der Waals surface area contributed by atoms with E-state index in [2.05, 4.69) is 55.2 Å². The van der Waals surface area contributed by atoms with Crippen molar-refractivity contribution in [2.75, 3.05) is 17.5 Å². The topological polar surface area (TPSA) is 23.6 Å². The fraction of sp³-hybridized carbons (Fsp3) is 0.909. The maximum Gasteiger partial charge on any atom is 0.232 e. The average Bonchev–Trinajstić information content (AvgIpc) is 2.14. The normalized spacial score (nSPS) is 28.5. The minimum Gasteiger partial charge on any atom is -0.339 e. The Balaban J connectivity index is 2.66. The summed E-state index contributed by atoms with van der Waals surface area (Å²) < 4.78 is 0.596. The third-order valence-electron chi connectivity index (χ3n) is 3.05. The first-order chi connectivity index (χ1) is 6.97. The van der Waals surface area contributed by atoms with Crippen LogP contribution in [0.4, 0.5) is 0 Å². The van der Waals surface area contributed by atoms with Gasteiger partial charge in [0.1, 0.15) is 0 Å². The third kappa shape index (κ3) is 3.06. The largest absolute Gasteiger partial charge is 0.339 e. The molecule has 4 heteroatoms. The van der Waals surface area contributed by atoms with E-state index in [4.69, 9.17) is 0 Å². The summed E-state index contributed by atoms with van der Waals surface area (Å²) in [6.07, 6.45) is 0. The van der Waals surface area contributed by atoms with Gasteiger partial charge in [-0.25, -0.2) is 0 Å². The highest BCUT2D eigenvalue weighted by atomic mass is 127. The molecule has 1 amide bonds. The molecule has 1 rings (SSSR count). The smallest absolute Gasteiger partial charge is 0.232 e. The highest BCUT2D eigenvalue weighted by Crippen LogP contribution is 2.18. The minimum atomic E-state index is 0.276. The SMILES string of the molecule is CC(C)N1[C@H](C)CN(C(=O)CI)C[C@@H]1C. The van der Waals surface area contributed by atoms with Gasteiger partial charge in [0, 0.05) is 31.2 Å². The van der Waals surface area contributed by atoms with Crippen molar-refractivity contribution >= 4 is 28.5 Å². The van der Waals surface area contributed by atoms with E-state index < -0.39 is 0 Å². The molecule has 0 aromatic heterocycles. The van der Waals surface area contributed by atoms with Crippen LogP contribution in [0.15, 0.2) is 0 Å². The quantitative estimate of drug-likeness (QED) is 0.571. The van der Waals surface area contributed by atoms with Gasteiger partial charge in [0.25, 0.3) is 0 Å². The molecule has 1 heterocycles. The number of piperazine rings is 1. The number of carbonyl (C=O) groups is 1. The Morgan fingerprint density at radius 1 is 1.33 bits per heavy atom. The molecule has 0 saturated carbocycles. The van der Waals surface area contributed by atoms with Crippen molar-refractivity contribution in [3.8, 4) is 0 Å². The number of rotatable bonds is 2. The summed E-state index contributed by atoms with van der Waals surface area (Å²) in [5.74, 6) is 0.276. The standard InChI is InChI=1S/C11H21IN2O/c1-8(2)14-9(3)6-13(7-10(14)4)11(15)5-12/h8-10H,5-7H2,1-4H3/t9-,10+. The van der Waals surface area contributed by atoms with Crippen molar-refractivity contribution in [3.63, 3.8) is 0 Å². The van der Waals surface area contributed by atoms with Crippen LogP contribution in [0.2, 0.25) is 0 Å². The fourth-order valence-corrected chi connectivity index (χ4v) is 3.12. The molecule has 1 aliphatic rings. The van der Waals surface area contributed by atoms with Gasteiger partial charge in [-0.2, -0.15) is 0 Å². The Morgan fingerprint density at radius 3 is 2.13 bits per heavy atom. The molecule has 1 saturated heterocycles. The number of carbonyl (C=O) groups excluding carboxylic acids is 1. The second-order valence-electron chi connectivity index (χ2n) is 4.67. The number of hydrogen-bond acceptors (Lipinski definition) is 2. The molecule has 88 valence electrons. The van der Waals surface area contributed by atoms with Crippen LogP contribution in [0.3, 0.4) is 0 Å². The Labute approximate surface area is 106 Å². The summed E-state index contributed by atoms with van der Waals surface area (Å²) in [7, 11) is 0. The number of halogens is 1. The van der Waals surface area contributed by atoms with Crippen LogP contribution in [-0.4, -0.2) is 51.3 Å². The van der Waals surface area contributed by atoms with Crippen molar-refractivity contribution in [2.24, 2.45) is 0 Å². The highest BCUT2D eigenvalue weighted by molar-refractivity contribution is 14.1. The molecule has 3 nitrogen and oxygen atoms in total. The van der Waals surface area contributed by atoms with Crippen molar-refractivity contribution in [1.82, 2.24) is 9.80 Å². The molecule has 0 unspecified atom stereocenters. The van der Waals surface area contributed by atoms with Gasteiger partial charge in [-0.3, -0.25) is 9.69 Å². The van der Waals surface area contributed by atoms with Crippen LogP contribution >= 0.6 is 22.6 Å². The van der Waals surface area contributed by atoms with Gasteiger partial charge in [0.05, 0.1) is 4.43 Å². The molecule has 0 radical (unpaired) electrons. The molecule has 0 bridgehead atoms. The van der Waals surface area contributed by atoms with Gasteiger partial charge in [0.15, 0.2) is 0 Å². The lowest BCUT2D eigenvalue weighted by molar-refractivity contribution is -0.133. The molecule has 0 aromatic carbocycles. The van der Waals surface area contributed by atoms with E-state index in [1.54, 1.807) is 0 Å². The molecule has 0 N–H and O–H groups in total. The maximum absolute atomic E-state index is 11.6. The average molecular weight is 324 g/mol. The fourth-order valence-electron chi connectivity index (χ4n) is 2.64. The third-order valence-corrected chi connectivity index (χ3v) is 3.70. The van der Waals surface area contributed by atoms with Crippen LogP contribution in [0.25, 0.3) is 0 Å². The second kappa shape index (κ2) is 5.48. The van der Waals surface area contributed by atoms with E-state index in [1.807, 2.05) is 4.90 Å². The summed E-state index contributed by atoms with van der Waals surface area (Å²) in [6.45, 7) is 10.6. The predicted octanol–water partition coefficient (Wildman–Crippen LogP) is 1.75. The first-order valence-electron chi connectivity index (χ1n) is 5.58. The van der Waals surface area contributed by atoms with Gasteiger partial charge < -0.3 is 4.90 Å². The summed E-state index contributed by atoms with van der Waals surface area (Å²) >= 11 is 2.14. The summed E-state index contributed by atoms with van der Waals surface area (Å²) in [5.41, 5.74) is 0. The van der Waals surface area contributed by atoms with Gasteiger partial charge in [0.2, 0.25) is 5.91 Å². The monoisotopic (exact) mass is 324 g/mol. The Kier molecular flexibility index (Phi) is 4.83. The van der Waals surface area contributed by atoms with Crippen molar-refractivity contribution < 1.29 is 4.79 Å². The lowest BCUT2D eigenvalue weighted by atomic mass is 10.1. The first-order valence-corrected chi connectivity index (χ1v) is 7.11. The molecule has 2 atom stereocenters. The number of amides is 1. The molecule has 0 aromatic rings. The first kappa shape index (κ1) is 13.2. The lowest BCUT2D eigenvalue weighted by Gasteiger charge is -2.46. The zero-order chi connectivity index (χ0) is 11.6. The van der Waals surface area contributed by atoms with Gasteiger partial charge >= 0.3 is 0 Å². The molecule has 0 spiro atoms. The molecule has 15 heavy (non-hydrogen) atoms. The van der Waals surface area contributed by atoms with E-state index in [-0.39, 0.29) is 5.91 Å². The van der Waals surface area contributed by atoms with E-state index in [0.29, 0.717) is 22.6 Å². The zero-order valence-electron chi connectivity index (χ0n) is 10.0. The van der Waals surface area contributed by atoms with E-state index in [9.17, 15) is 4.79 Å². The van der Waals surface area contributed by atoms with Gasteiger partial charge in [-0.05, 0) is 27.7 Å². The lowest BCUT2D eigenvalue weighted by Crippen LogP contribution is -2.60. The highest BCUT2D eigenvalue weighted by Gasteiger charge is 2.32. The summed E-state index contributed by atoms with van der Waals surface area (Å²) in [6, 6.07) is 1.51. The number of alkyl halides is 1. The maximum atomic E-state index is 11.6. The van der Waals surface area contributed by atoms with Gasteiger partial charge in [-0.15, -0.1) is 0 Å². The van der Waals surface area contributed by atoms with Gasteiger partial charge in [-0.1, -0.05) is 22.6 Å². The predicted molar refractivity (Wildman–Crippen MR) is 71.4 cm³/mol. The number of hydrogen-bond donors (Lipinski definition) is 0. The zero-order valence-corrected chi connectivity index (χ0v) is 12.2. The molecule has 0 aliphatic carbocycles. The molecule has 1 fully saturated rings. The van der Waals surface area contributed by atoms with E-state index >= 15 is 0 Å². The Bertz CT molecular complexity index is 221. The summed E-state index contributed by atoms with van der Waals surface area (Å²) in [5, 5.41) is 0. The molecular formula is C11H21IN2O. The van der Waals surface area contributed by atoms with Crippen LogP contribution in [0.1, 0.15) is 27.7 Å². The Hall–Kier alpha value is 0.160. The van der Waals surface area contributed by atoms with Crippen molar-refractivity contribution in [2.45, 2.75) is 45.8 Å². The van der Waals surface area contributed by atoms with Crippen LogP contribution in [0.5, 0.6) is 0 Å². The minimum absolute atomic E-state index is 0.276. The van der Waals surface area contributed by atoms with E-state index in [1.165, 1.54) is 0 Å². The van der Waals surface area contributed by atoms with Crippen LogP contribution < -0.4 is 0 Å². The van der Waals surface area contributed by atoms with Crippen molar-refractivity contribution in [3.05, 3.63) is 0 Å². The molecular weight excluding hydrogens is 303 g/mol.